The van der Waals surface area contributed by atoms with Gasteiger partial charge in [0.25, 0.3) is 8.32 Å². The fourth-order valence-electron chi connectivity index (χ4n) is 4.99. The van der Waals surface area contributed by atoms with Crippen molar-refractivity contribution in [2.75, 3.05) is 0 Å². The van der Waals surface area contributed by atoms with Gasteiger partial charge >= 0.3 is 0 Å². The summed E-state index contributed by atoms with van der Waals surface area (Å²) < 4.78 is 7.12. The number of rotatable bonds is 2. The summed E-state index contributed by atoms with van der Waals surface area (Å²) in [5.41, 5.74) is 3.45. The lowest BCUT2D eigenvalue weighted by Crippen LogP contribution is -2.61. The van der Waals surface area contributed by atoms with Crippen LogP contribution in [0.25, 0.3) is 0 Å². The molecule has 3 aromatic carbocycles. The molecule has 3 atom stereocenters. The molecule has 0 saturated carbocycles. The molecule has 1 saturated heterocycles. The first-order valence-corrected chi connectivity index (χ1v) is 11.2. The van der Waals surface area contributed by atoms with E-state index in [9.17, 15) is 0 Å². The quantitative estimate of drug-likeness (QED) is 0.638. The molecule has 5 rings (SSSR count). The molecule has 1 nitrogen and oxygen atoms in total. The predicted molar refractivity (Wildman–Crippen MR) is 105 cm³/mol. The molecule has 0 bridgehead atoms. The van der Waals surface area contributed by atoms with Gasteiger partial charge in [0, 0.05) is 0 Å². The first-order chi connectivity index (χ1) is 12.3. The lowest BCUT2D eigenvalue weighted by molar-refractivity contribution is 0.196. The fourth-order valence-corrected chi connectivity index (χ4v) is 9.83. The van der Waals surface area contributed by atoms with Crippen molar-refractivity contribution < 1.29 is 4.43 Å². The summed E-state index contributed by atoms with van der Waals surface area (Å²) in [5, 5.41) is 2.81. The maximum absolute atomic E-state index is 7.12. The van der Waals surface area contributed by atoms with E-state index in [1.165, 1.54) is 21.5 Å². The molecule has 2 aliphatic rings. The number of fused-ring (bicyclic) bond motifs is 3. The minimum atomic E-state index is -2.25. The predicted octanol–water partition coefficient (Wildman–Crippen LogP) is 4.08. The molecule has 0 N–H and O–H groups in total. The van der Waals surface area contributed by atoms with Crippen LogP contribution in [0.3, 0.4) is 0 Å². The fraction of sp³-hybridized carbons (Fsp3) is 0.217. The Balaban J connectivity index is 1.69. The van der Waals surface area contributed by atoms with E-state index >= 15 is 0 Å². The van der Waals surface area contributed by atoms with Crippen molar-refractivity contribution in [3.8, 4) is 0 Å². The Bertz CT molecular complexity index is 851. The standard InChI is InChI=1S/C23H22OSi/c1-17-22-16-18-10-8-9-15-21(18)23(22)24-25(17,19-11-4-2-5-12-19)20-13-6-3-7-14-20/h2-15,17,22-23H,16H2,1H3/t17?,22-,23-/m1/s1. The van der Waals surface area contributed by atoms with Gasteiger partial charge in [-0.3, -0.25) is 0 Å². The molecule has 25 heavy (non-hydrogen) atoms. The molecular weight excluding hydrogens is 320 g/mol. The van der Waals surface area contributed by atoms with E-state index in [2.05, 4.69) is 91.9 Å². The highest BCUT2D eigenvalue weighted by atomic mass is 28.4. The van der Waals surface area contributed by atoms with E-state index in [1.807, 2.05) is 0 Å². The minimum absolute atomic E-state index is 0.248. The van der Waals surface area contributed by atoms with Crippen molar-refractivity contribution in [2.24, 2.45) is 5.92 Å². The maximum Gasteiger partial charge on any atom is 0.259 e. The number of hydrogen-bond donors (Lipinski definition) is 0. The van der Waals surface area contributed by atoms with Crippen molar-refractivity contribution in [3.63, 3.8) is 0 Å². The van der Waals surface area contributed by atoms with Gasteiger partial charge in [0.2, 0.25) is 0 Å². The van der Waals surface area contributed by atoms with Crippen LogP contribution in [0, 0.1) is 5.92 Å². The van der Waals surface area contributed by atoms with E-state index in [-0.39, 0.29) is 6.10 Å². The van der Waals surface area contributed by atoms with Gasteiger partial charge in [0.05, 0.1) is 6.10 Å². The van der Waals surface area contributed by atoms with Crippen molar-refractivity contribution in [1.82, 2.24) is 0 Å². The second-order valence-electron chi connectivity index (χ2n) is 7.36. The summed E-state index contributed by atoms with van der Waals surface area (Å²) in [7, 11) is -2.25. The molecule has 1 aliphatic heterocycles. The van der Waals surface area contributed by atoms with E-state index in [1.54, 1.807) is 0 Å². The second-order valence-corrected chi connectivity index (χ2v) is 11.1. The zero-order chi connectivity index (χ0) is 16.9. The largest absolute Gasteiger partial charge is 0.400 e. The van der Waals surface area contributed by atoms with Gasteiger partial charge in [0.1, 0.15) is 0 Å². The van der Waals surface area contributed by atoms with E-state index in [0.717, 1.165) is 6.42 Å². The topological polar surface area (TPSA) is 9.23 Å². The second kappa shape index (κ2) is 5.69. The third kappa shape index (κ3) is 2.11. The highest BCUT2D eigenvalue weighted by molar-refractivity contribution is 6.99. The summed E-state index contributed by atoms with van der Waals surface area (Å²) in [6, 6.07) is 30.8. The van der Waals surface area contributed by atoms with Crippen LogP contribution in [-0.2, 0) is 10.8 Å². The van der Waals surface area contributed by atoms with Gasteiger partial charge in [-0.1, -0.05) is 91.9 Å². The number of hydrogen-bond acceptors (Lipinski definition) is 1. The summed E-state index contributed by atoms with van der Waals surface area (Å²) >= 11 is 0. The minimum Gasteiger partial charge on any atom is -0.400 e. The molecule has 0 spiro atoms. The van der Waals surface area contributed by atoms with Gasteiger partial charge in [0.15, 0.2) is 0 Å². The Labute approximate surface area is 150 Å². The Hall–Kier alpha value is -2.16. The highest BCUT2D eigenvalue weighted by Gasteiger charge is 2.59. The average Bonchev–Trinajstić information content (AvgIpc) is 3.18. The first kappa shape index (κ1) is 15.1. The van der Waals surface area contributed by atoms with Crippen molar-refractivity contribution in [1.29, 1.82) is 0 Å². The number of benzene rings is 3. The van der Waals surface area contributed by atoms with Crippen molar-refractivity contribution in [3.05, 3.63) is 96.1 Å². The van der Waals surface area contributed by atoms with Gasteiger partial charge in [-0.2, -0.15) is 0 Å². The van der Waals surface area contributed by atoms with Gasteiger partial charge in [-0.05, 0) is 39.4 Å². The lowest BCUT2D eigenvalue weighted by atomic mass is 10.0. The van der Waals surface area contributed by atoms with Gasteiger partial charge in [-0.25, -0.2) is 0 Å². The Morgan fingerprint density at radius 2 is 1.32 bits per heavy atom. The Kier molecular flexibility index (Phi) is 3.44. The molecule has 0 radical (unpaired) electrons. The van der Waals surface area contributed by atoms with Gasteiger partial charge < -0.3 is 4.43 Å². The van der Waals surface area contributed by atoms with Crippen LogP contribution in [-0.4, -0.2) is 8.32 Å². The molecule has 124 valence electrons. The first-order valence-electron chi connectivity index (χ1n) is 9.17. The molecule has 0 aromatic heterocycles. The molecule has 1 heterocycles. The van der Waals surface area contributed by atoms with Crippen LogP contribution in [0.5, 0.6) is 0 Å². The van der Waals surface area contributed by atoms with E-state index in [4.69, 9.17) is 4.43 Å². The van der Waals surface area contributed by atoms with Gasteiger partial charge in [-0.15, -0.1) is 0 Å². The Morgan fingerprint density at radius 3 is 1.96 bits per heavy atom. The monoisotopic (exact) mass is 342 g/mol. The summed E-state index contributed by atoms with van der Waals surface area (Å²) in [5.74, 6) is 0.587. The molecule has 3 aromatic rings. The normalized spacial score (nSPS) is 26.2. The van der Waals surface area contributed by atoms with Crippen molar-refractivity contribution in [2.45, 2.75) is 25.0 Å². The molecule has 1 unspecified atom stereocenters. The average molecular weight is 343 g/mol. The third-order valence-corrected chi connectivity index (χ3v) is 10.9. The van der Waals surface area contributed by atoms with Crippen LogP contribution in [0.2, 0.25) is 5.54 Å². The summed E-state index contributed by atoms with van der Waals surface area (Å²) in [6.07, 6.45) is 1.40. The summed E-state index contributed by atoms with van der Waals surface area (Å²) in [4.78, 5) is 0. The Morgan fingerprint density at radius 1 is 0.760 bits per heavy atom. The van der Waals surface area contributed by atoms with E-state index < -0.39 is 8.32 Å². The molecule has 2 heteroatoms. The van der Waals surface area contributed by atoms with E-state index in [0.29, 0.717) is 11.5 Å². The highest BCUT2D eigenvalue weighted by Crippen LogP contribution is 2.54. The molecule has 1 fully saturated rings. The molecule has 1 aliphatic carbocycles. The van der Waals surface area contributed by atoms with Crippen LogP contribution in [0.4, 0.5) is 0 Å². The zero-order valence-electron chi connectivity index (χ0n) is 14.4. The van der Waals surface area contributed by atoms with Crippen LogP contribution in [0.15, 0.2) is 84.9 Å². The maximum atomic E-state index is 7.12. The van der Waals surface area contributed by atoms with Crippen LogP contribution in [0.1, 0.15) is 24.2 Å². The smallest absolute Gasteiger partial charge is 0.259 e. The van der Waals surface area contributed by atoms with Crippen molar-refractivity contribution >= 4 is 18.7 Å². The zero-order valence-corrected chi connectivity index (χ0v) is 15.4. The van der Waals surface area contributed by atoms with Crippen LogP contribution < -0.4 is 10.4 Å². The SMILES string of the molecule is CC1[C@H]2Cc3ccccc3[C@H]2O[Si]1(c1ccccc1)c1ccccc1. The summed E-state index contributed by atoms with van der Waals surface area (Å²) in [6.45, 7) is 2.43. The lowest BCUT2D eigenvalue weighted by Gasteiger charge is -2.33. The third-order valence-electron chi connectivity index (χ3n) is 6.21. The molecular formula is C23H22OSi. The van der Waals surface area contributed by atoms with Crippen LogP contribution >= 0.6 is 0 Å². The molecule has 0 amide bonds.